The van der Waals surface area contributed by atoms with Crippen molar-refractivity contribution in [3.05, 3.63) is 44.7 Å². The van der Waals surface area contributed by atoms with Crippen LogP contribution >= 0.6 is 23.1 Å². The van der Waals surface area contributed by atoms with Crippen LogP contribution in [0.5, 0.6) is 0 Å². The first-order chi connectivity index (χ1) is 15.0. The van der Waals surface area contributed by atoms with Gasteiger partial charge < -0.3 is 9.47 Å². The van der Waals surface area contributed by atoms with Gasteiger partial charge in [-0.2, -0.15) is 0 Å². The molecule has 0 aromatic carbocycles. The van der Waals surface area contributed by atoms with Crippen LogP contribution in [-0.4, -0.2) is 39.8 Å². The van der Waals surface area contributed by atoms with Crippen molar-refractivity contribution in [2.75, 3.05) is 13.2 Å². The average molecular weight is 460 g/mol. The zero-order valence-electron chi connectivity index (χ0n) is 17.8. The lowest BCUT2D eigenvalue weighted by atomic mass is 10.1. The first-order valence-electron chi connectivity index (χ1n) is 10.5. The molecule has 1 saturated heterocycles. The molecular weight excluding hydrogens is 434 g/mol. The fourth-order valence-electron chi connectivity index (χ4n) is 3.76. The number of aryl methyl sites for hydroxylation is 2. The van der Waals surface area contributed by atoms with Gasteiger partial charge in [0.2, 0.25) is 0 Å². The number of thiophene rings is 1. The van der Waals surface area contributed by atoms with Crippen molar-refractivity contribution >= 4 is 39.3 Å². The quantitative estimate of drug-likeness (QED) is 0.386. The molecule has 3 aromatic rings. The van der Waals surface area contributed by atoms with Crippen LogP contribution in [0, 0.1) is 6.92 Å². The SMILES string of the molecule is CCOC(=O)c1ccc(Sc2nc3sc(C)c(CC)c3c(=O)n2CC2CCCO2)nc1. The standard InChI is InChI=1S/C22H25N3O4S2/c1-4-16-13(3)30-19-18(16)20(26)25(12-15-7-6-10-29-15)22(24-19)31-17-9-8-14(11-23-17)21(27)28-5-2/h8-9,11,15H,4-7,10,12H2,1-3H3. The number of carbonyl (C=O) groups is 1. The van der Waals surface area contributed by atoms with Crippen LogP contribution in [0.4, 0.5) is 0 Å². The molecule has 9 heteroatoms. The van der Waals surface area contributed by atoms with Crippen molar-refractivity contribution in [1.82, 2.24) is 14.5 Å². The molecule has 0 radical (unpaired) electrons. The molecule has 0 aliphatic carbocycles. The molecule has 164 valence electrons. The molecule has 0 spiro atoms. The zero-order chi connectivity index (χ0) is 22.0. The maximum absolute atomic E-state index is 13.5. The number of ether oxygens (including phenoxy) is 2. The third-order valence-electron chi connectivity index (χ3n) is 5.28. The lowest BCUT2D eigenvalue weighted by Gasteiger charge is -2.16. The van der Waals surface area contributed by atoms with E-state index in [0.717, 1.165) is 46.5 Å². The summed E-state index contributed by atoms with van der Waals surface area (Å²) in [6.45, 7) is 7.39. The maximum atomic E-state index is 13.5. The lowest BCUT2D eigenvalue weighted by molar-refractivity contribution is 0.0525. The molecule has 1 fully saturated rings. The molecule has 1 aliphatic heterocycles. The van der Waals surface area contributed by atoms with Crippen LogP contribution in [0.2, 0.25) is 0 Å². The number of fused-ring (bicyclic) bond motifs is 1. The highest BCUT2D eigenvalue weighted by Gasteiger charge is 2.23. The number of esters is 1. The number of carbonyl (C=O) groups excluding carboxylic acids is 1. The molecule has 1 atom stereocenters. The largest absolute Gasteiger partial charge is 0.462 e. The number of aromatic nitrogens is 3. The van der Waals surface area contributed by atoms with E-state index >= 15 is 0 Å². The summed E-state index contributed by atoms with van der Waals surface area (Å²) in [5, 5.41) is 1.97. The molecule has 0 amide bonds. The zero-order valence-corrected chi connectivity index (χ0v) is 19.5. The summed E-state index contributed by atoms with van der Waals surface area (Å²) >= 11 is 2.88. The summed E-state index contributed by atoms with van der Waals surface area (Å²) in [6.07, 6.45) is 4.24. The fraction of sp³-hybridized carbons (Fsp3) is 0.455. The molecule has 7 nitrogen and oxygen atoms in total. The predicted molar refractivity (Wildman–Crippen MR) is 121 cm³/mol. The summed E-state index contributed by atoms with van der Waals surface area (Å²) in [5.74, 6) is -0.400. The Balaban J connectivity index is 1.73. The summed E-state index contributed by atoms with van der Waals surface area (Å²) in [5.41, 5.74) is 1.45. The van der Waals surface area contributed by atoms with E-state index in [0.29, 0.717) is 28.9 Å². The second-order valence-corrected chi connectivity index (χ2v) is 9.51. The number of rotatable bonds is 7. The summed E-state index contributed by atoms with van der Waals surface area (Å²) in [4.78, 5) is 36.5. The third-order valence-corrected chi connectivity index (χ3v) is 7.27. The molecule has 1 aliphatic rings. The van der Waals surface area contributed by atoms with Crippen molar-refractivity contribution in [3.63, 3.8) is 0 Å². The van der Waals surface area contributed by atoms with Gasteiger partial charge in [-0.15, -0.1) is 11.3 Å². The van der Waals surface area contributed by atoms with Crippen LogP contribution in [0.15, 0.2) is 33.3 Å². The van der Waals surface area contributed by atoms with Gasteiger partial charge in [-0.05, 0) is 62.6 Å². The maximum Gasteiger partial charge on any atom is 0.339 e. The van der Waals surface area contributed by atoms with Crippen LogP contribution < -0.4 is 5.56 Å². The number of hydrogen-bond acceptors (Lipinski definition) is 8. The lowest BCUT2D eigenvalue weighted by Crippen LogP contribution is -2.28. The van der Waals surface area contributed by atoms with Gasteiger partial charge in [0, 0.05) is 17.7 Å². The van der Waals surface area contributed by atoms with E-state index in [1.54, 1.807) is 35.0 Å². The van der Waals surface area contributed by atoms with Gasteiger partial charge in [0.15, 0.2) is 5.16 Å². The molecule has 31 heavy (non-hydrogen) atoms. The summed E-state index contributed by atoms with van der Waals surface area (Å²) in [6, 6.07) is 3.43. The molecule has 4 rings (SSSR count). The van der Waals surface area contributed by atoms with E-state index in [9.17, 15) is 9.59 Å². The van der Waals surface area contributed by atoms with Gasteiger partial charge in [-0.3, -0.25) is 9.36 Å². The summed E-state index contributed by atoms with van der Waals surface area (Å²) < 4.78 is 12.5. The molecule has 0 N–H and O–H groups in total. The van der Waals surface area contributed by atoms with Gasteiger partial charge in [0.25, 0.3) is 5.56 Å². The highest BCUT2D eigenvalue weighted by Crippen LogP contribution is 2.32. The Kier molecular flexibility index (Phi) is 6.74. The predicted octanol–water partition coefficient (Wildman–Crippen LogP) is 4.23. The Hall–Kier alpha value is -2.23. The molecular formula is C22H25N3O4S2. The Morgan fingerprint density at radius 2 is 2.23 bits per heavy atom. The van der Waals surface area contributed by atoms with Gasteiger partial charge in [0.05, 0.1) is 30.2 Å². The molecule has 3 aromatic heterocycles. The second-order valence-electron chi connectivity index (χ2n) is 7.32. The van der Waals surface area contributed by atoms with Crippen molar-refractivity contribution in [3.8, 4) is 0 Å². The topological polar surface area (TPSA) is 83.3 Å². The van der Waals surface area contributed by atoms with Gasteiger partial charge in [0.1, 0.15) is 9.86 Å². The van der Waals surface area contributed by atoms with Gasteiger partial charge >= 0.3 is 5.97 Å². The van der Waals surface area contributed by atoms with E-state index in [4.69, 9.17) is 14.5 Å². The normalized spacial score (nSPS) is 16.2. The van der Waals surface area contributed by atoms with Crippen molar-refractivity contribution in [2.45, 2.75) is 62.9 Å². The van der Waals surface area contributed by atoms with Crippen LogP contribution in [-0.2, 0) is 22.4 Å². The van der Waals surface area contributed by atoms with Crippen LogP contribution in [0.1, 0.15) is 47.5 Å². The first kappa shape index (κ1) is 22.0. The molecule has 1 unspecified atom stereocenters. The summed E-state index contributed by atoms with van der Waals surface area (Å²) in [7, 11) is 0. The first-order valence-corrected chi connectivity index (χ1v) is 12.1. The minimum atomic E-state index is -0.400. The van der Waals surface area contributed by atoms with Gasteiger partial charge in [-0.1, -0.05) is 6.92 Å². The van der Waals surface area contributed by atoms with Crippen molar-refractivity contribution < 1.29 is 14.3 Å². The second kappa shape index (κ2) is 9.50. The smallest absolute Gasteiger partial charge is 0.339 e. The molecule has 0 saturated carbocycles. The van der Waals surface area contributed by atoms with E-state index in [1.807, 2.05) is 6.92 Å². The Morgan fingerprint density at radius 1 is 1.39 bits per heavy atom. The highest BCUT2D eigenvalue weighted by atomic mass is 32.2. The number of pyridine rings is 1. The van der Waals surface area contributed by atoms with E-state index in [2.05, 4.69) is 11.9 Å². The Bertz CT molecular complexity index is 1150. The Morgan fingerprint density at radius 3 is 2.87 bits per heavy atom. The molecule has 4 heterocycles. The molecule has 0 bridgehead atoms. The van der Waals surface area contributed by atoms with E-state index in [-0.39, 0.29) is 11.7 Å². The average Bonchev–Trinajstić information content (AvgIpc) is 3.38. The Labute approximate surface area is 188 Å². The van der Waals surface area contributed by atoms with Crippen LogP contribution in [0.3, 0.4) is 0 Å². The highest BCUT2D eigenvalue weighted by molar-refractivity contribution is 7.99. The third kappa shape index (κ3) is 4.53. The van der Waals surface area contributed by atoms with E-state index < -0.39 is 5.97 Å². The van der Waals surface area contributed by atoms with Gasteiger partial charge in [-0.25, -0.2) is 14.8 Å². The minimum absolute atomic E-state index is 0.0141. The van der Waals surface area contributed by atoms with Crippen molar-refractivity contribution in [1.29, 1.82) is 0 Å². The van der Waals surface area contributed by atoms with E-state index in [1.165, 1.54) is 18.0 Å². The fourth-order valence-corrected chi connectivity index (χ4v) is 5.75. The number of nitrogens with zero attached hydrogens (tertiary/aromatic N) is 3. The van der Waals surface area contributed by atoms with Crippen LogP contribution in [0.25, 0.3) is 10.2 Å². The van der Waals surface area contributed by atoms with Crippen molar-refractivity contribution in [2.24, 2.45) is 0 Å². The monoisotopic (exact) mass is 459 g/mol. The minimum Gasteiger partial charge on any atom is -0.462 e. The number of hydrogen-bond donors (Lipinski definition) is 0.